The van der Waals surface area contributed by atoms with E-state index in [1.54, 1.807) is 0 Å². The quantitative estimate of drug-likeness (QED) is 0.750. The summed E-state index contributed by atoms with van der Waals surface area (Å²) < 4.78 is 5.04. The zero-order valence-corrected chi connectivity index (χ0v) is 9.16. The van der Waals surface area contributed by atoms with Crippen LogP contribution < -0.4 is 0 Å². The van der Waals surface area contributed by atoms with Crippen LogP contribution in [0.2, 0.25) is 0 Å². The second-order valence-electron chi connectivity index (χ2n) is 3.40. The number of aromatic nitrogens is 2. The van der Waals surface area contributed by atoms with E-state index >= 15 is 0 Å². The van der Waals surface area contributed by atoms with Crippen molar-refractivity contribution in [1.29, 1.82) is 0 Å². The summed E-state index contributed by atoms with van der Waals surface area (Å²) in [5.74, 6) is 1.44. The second-order valence-corrected chi connectivity index (χ2v) is 3.67. The van der Waals surface area contributed by atoms with Crippen molar-refractivity contribution in [2.75, 3.05) is 0 Å². The topological polar surface area (TPSA) is 38.9 Å². The third-order valence-electron chi connectivity index (χ3n) is 2.11. The Labute approximate surface area is 93.1 Å². The molecular weight excluding hydrogens is 212 g/mol. The highest BCUT2D eigenvalue weighted by molar-refractivity contribution is 6.16. The van der Waals surface area contributed by atoms with E-state index in [4.69, 9.17) is 16.1 Å². The molecule has 0 unspecified atom stereocenters. The van der Waals surface area contributed by atoms with Crippen molar-refractivity contribution in [3.05, 3.63) is 47.1 Å². The SMILES string of the molecule is Cc1ccc(Cc2nc(CCl)no2)cc1. The summed E-state index contributed by atoms with van der Waals surface area (Å²) in [6, 6.07) is 8.24. The van der Waals surface area contributed by atoms with Crippen molar-refractivity contribution in [2.45, 2.75) is 19.2 Å². The molecule has 0 saturated carbocycles. The molecule has 0 aliphatic carbocycles. The second kappa shape index (κ2) is 4.45. The van der Waals surface area contributed by atoms with Gasteiger partial charge in [0, 0.05) is 0 Å². The highest BCUT2D eigenvalue weighted by Gasteiger charge is 2.05. The number of aryl methyl sites for hydroxylation is 1. The molecule has 0 fully saturated rings. The molecule has 0 aliphatic heterocycles. The summed E-state index contributed by atoms with van der Waals surface area (Å²) in [5, 5.41) is 3.73. The zero-order valence-electron chi connectivity index (χ0n) is 8.40. The fourth-order valence-corrected chi connectivity index (χ4v) is 1.41. The molecule has 0 N–H and O–H groups in total. The zero-order chi connectivity index (χ0) is 10.7. The fourth-order valence-electron chi connectivity index (χ4n) is 1.30. The van der Waals surface area contributed by atoms with Crippen molar-refractivity contribution < 1.29 is 4.52 Å². The van der Waals surface area contributed by atoms with E-state index in [-0.39, 0.29) is 5.88 Å². The summed E-state index contributed by atoms with van der Waals surface area (Å²) in [4.78, 5) is 4.14. The number of hydrogen-bond acceptors (Lipinski definition) is 3. The van der Waals surface area contributed by atoms with Crippen molar-refractivity contribution in [3.8, 4) is 0 Å². The van der Waals surface area contributed by atoms with Gasteiger partial charge in [0.1, 0.15) is 0 Å². The van der Waals surface area contributed by atoms with Gasteiger partial charge in [-0.3, -0.25) is 0 Å². The fraction of sp³-hybridized carbons (Fsp3) is 0.273. The molecule has 0 atom stereocenters. The molecule has 1 aromatic heterocycles. The van der Waals surface area contributed by atoms with E-state index in [1.165, 1.54) is 5.56 Å². The number of rotatable bonds is 3. The number of nitrogens with zero attached hydrogens (tertiary/aromatic N) is 2. The molecule has 4 heteroatoms. The maximum Gasteiger partial charge on any atom is 0.231 e. The van der Waals surface area contributed by atoms with Crippen LogP contribution in [0, 0.1) is 6.92 Å². The van der Waals surface area contributed by atoms with Crippen LogP contribution >= 0.6 is 11.6 Å². The van der Waals surface area contributed by atoms with Crippen LogP contribution in [0.25, 0.3) is 0 Å². The summed E-state index contributed by atoms with van der Waals surface area (Å²) in [7, 11) is 0. The maximum atomic E-state index is 5.58. The van der Waals surface area contributed by atoms with Crippen LogP contribution in [0.15, 0.2) is 28.8 Å². The Bertz CT molecular complexity index is 436. The van der Waals surface area contributed by atoms with Gasteiger partial charge in [-0.2, -0.15) is 4.98 Å². The first-order valence-electron chi connectivity index (χ1n) is 4.71. The highest BCUT2D eigenvalue weighted by Crippen LogP contribution is 2.09. The lowest BCUT2D eigenvalue weighted by Gasteiger charge is -1.96. The van der Waals surface area contributed by atoms with E-state index in [0.29, 0.717) is 18.1 Å². The molecule has 0 radical (unpaired) electrons. The van der Waals surface area contributed by atoms with Gasteiger partial charge in [0.05, 0.1) is 12.3 Å². The highest BCUT2D eigenvalue weighted by atomic mass is 35.5. The van der Waals surface area contributed by atoms with Crippen LogP contribution in [0.4, 0.5) is 0 Å². The summed E-state index contributed by atoms with van der Waals surface area (Å²) in [6.07, 6.45) is 0.657. The first-order chi connectivity index (χ1) is 7.28. The minimum Gasteiger partial charge on any atom is -0.339 e. The van der Waals surface area contributed by atoms with Crippen molar-refractivity contribution in [3.63, 3.8) is 0 Å². The number of hydrogen-bond donors (Lipinski definition) is 0. The predicted octanol–water partition coefficient (Wildman–Crippen LogP) is 2.71. The Morgan fingerprint density at radius 3 is 2.60 bits per heavy atom. The van der Waals surface area contributed by atoms with Gasteiger partial charge in [0.15, 0.2) is 5.82 Å². The average Bonchev–Trinajstić information content (AvgIpc) is 2.69. The largest absolute Gasteiger partial charge is 0.339 e. The molecule has 1 aromatic carbocycles. The van der Waals surface area contributed by atoms with E-state index < -0.39 is 0 Å². The van der Waals surface area contributed by atoms with E-state index in [9.17, 15) is 0 Å². The molecule has 3 nitrogen and oxygen atoms in total. The number of benzene rings is 1. The Morgan fingerprint density at radius 2 is 2.00 bits per heavy atom. The molecule has 0 amide bonds. The smallest absolute Gasteiger partial charge is 0.231 e. The van der Waals surface area contributed by atoms with Crippen LogP contribution in [0.3, 0.4) is 0 Å². The number of alkyl halides is 1. The number of halogens is 1. The average molecular weight is 223 g/mol. The van der Waals surface area contributed by atoms with Crippen LogP contribution in [0.5, 0.6) is 0 Å². The molecule has 0 saturated heterocycles. The lowest BCUT2D eigenvalue weighted by atomic mass is 10.1. The summed E-state index contributed by atoms with van der Waals surface area (Å²) in [6.45, 7) is 2.06. The van der Waals surface area contributed by atoms with Gasteiger partial charge in [0.2, 0.25) is 5.89 Å². The molecule has 2 rings (SSSR count). The minimum atomic E-state index is 0.289. The van der Waals surface area contributed by atoms with Gasteiger partial charge in [-0.05, 0) is 12.5 Å². The third-order valence-corrected chi connectivity index (χ3v) is 2.34. The van der Waals surface area contributed by atoms with Crippen molar-refractivity contribution in [1.82, 2.24) is 10.1 Å². The molecule has 0 aliphatic rings. The summed E-state index contributed by atoms with van der Waals surface area (Å²) in [5.41, 5.74) is 2.40. The first kappa shape index (κ1) is 10.2. The van der Waals surface area contributed by atoms with Crippen molar-refractivity contribution in [2.24, 2.45) is 0 Å². The van der Waals surface area contributed by atoms with E-state index in [1.807, 2.05) is 0 Å². The first-order valence-corrected chi connectivity index (χ1v) is 5.24. The minimum absolute atomic E-state index is 0.289. The maximum absolute atomic E-state index is 5.58. The van der Waals surface area contributed by atoms with Gasteiger partial charge < -0.3 is 4.52 Å². The lowest BCUT2D eigenvalue weighted by Crippen LogP contribution is -1.89. The van der Waals surface area contributed by atoms with E-state index in [2.05, 4.69) is 41.3 Å². The van der Waals surface area contributed by atoms with Gasteiger partial charge in [-0.25, -0.2) is 0 Å². The Morgan fingerprint density at radius 1 is 1.27 bits per heavy atom. The Kier molecular flexibility index (Phi) is 3.02. The molecule has 1 heterocycles. The van der Waals surface area contributed by atoms with Gasteiger partial charge in [-0.1, -0.05) is 35.0 Å². The van der Waals surface area contributed by atoms with Crippen LogP contribution in [0.1, 0.15) is 22.8 Å². The Hall–Kier alpha value is -1.35. The molecule has 0 bridgehead atoms. The van der Waals surface area contributed by atoms with E-state index in [0.717, 1.165) is 5.56 Å². The monoisotopic (exact) mass is 222 g/mol. The molecule has 78 valence electrons. The summed E-state index contributed by atoms with van der Waals surface area (Å²) >= 11 is 5.58. The van der Waals surface area contributed by atoms with Crippen LogP contribution in [-0.4, -0.2) is 10.1 Å². The van der Waals surface area contributed by atoms with Gasteiger partial charge in [0.25, 0.3) is 0 Å². The van der Waals surface area contributed by atoms with Crippen LogP contribution in [-0.2, 0) is 12.3 Å². The molecule has 15 heavy (non-hydrogen) atoms. The lowest BCUT2D eigenvalue weighted by molar-refractivity contribution is 0.381. The molecular formula is C11H11ClN2O. The van der Waals surface area contributed by atoms with Crippen molar-refractivity contribution >= 4 is 11.6 Å². The molecule has 2 aromatic rings. The third kappa shape index (κ3) is 2.57. The standard InChI is InChI=1S/C11H11ClN2O/c1-8-2-4-9(5-3-8)6-11-13-10(7-12)14-15-11/h2-5H,6-7H2,1H3. The predicted molar refractivity (Wildman–Crippen MR) is 57.8 cm³/mol. The Balaban J connectivity index is 2.11. The molecule has 0 spiro atoms. The van der Waals surface area contributed by atoms with Gasteiger partial charge in [-0.15, -0.1) is 11.6 Å². The van der Waals surface area contributed by atoms with Gasteiger partial charge >= 0.3 is 0 Å². The normalized spacial score (nSPS) is 10.5.